The van der Waals surface area contributed by atoms with Gasteiger partial charge >= 0.3 is 0 Å². The lowest BCUT2D eigenvalue weighted by molar-refractivity contribution is 0.211. The van der Waals surface area contributed by atoms with Crippen molar-refractivity contribution >= 4 is 5.69 Å². The zero-order valence-corrected chi connectivity index (χ0v) is 19.6. The average Bonchev–Trinajstić information content (AvgIpc) is 3.13. The van der Waals surface area contributed by atoms with Crippen LogP contribution >= 0.6 is 0 Å². The van der Waals surface area contributed by atoms with Crippen molar-refractivity contribution in [1.29, 1.82) is 0 Å². The van der Waals surface area contributed by atoms with Crippen molar-refractivity contribution in [3.63, 3.8) is 0 Å². The molecule has 1 aromatic heterocycles. The third-order valence-corrected chi connectivity index (χ3v) is 6.18. The van der Waals surface area contributed by atoms with E-state index in [4.69, 9.17) is 16.0 Å². The van der Waals surface area contributed by atoms with Gasteiger partial charge in [0.15, 0.2) is 11.6 Å². The van der Waals surface area contributed by atoms with Gasteiger partial charge in [0.05, 0.1) is 31.5 Å². The van der Waals surface area contributed by atoms with Crippen molar-refractivity contribution in [1.82, 2.24) is 14.9 Å². The summed E-state index contributed by atoms with van der Waals surface area (Å²) in [7, 11) is 2.89. The normalized spacial score (nSPS) is 15.8. The lowest BCUT2D eigenvalue weighted by Gasteiger charge is -2.18. The molecule has 3 aromatic rings. The molecule has 7 nitrogen and oxygen atoms in total. The zero-order valence-electron chi connectivity index (χ0n) is 19.6. The molecular weight excluding hydrogens is 454 g/mol. The fraction of sp³-hybridized carbons (Fsp3) is 0.346. The average molecular weight is 481 g/mol. The van der Waals surface area contributed by atoms with Crippen molar-refractivity contribution in [3.05, 3.63) is 69.8 Å². The molecule has 2 aromatic carbocycles. The molecule has 0 aliphatic carbocycles. The van der Waals surface area contributed by atoms with E-state index in [0.29, 0.717) is 12.5 Å². The van der Waals surface area contributed by atoms with Crippen LogP contribution in [0.3, 0.4) is 0 Å². The molecule has 1 N–H and O–H groups in total. The highest BCUT2D eigenvalue weighted by atomic mass is 19.1. The summed E-state index contributed by atoms with van der Waals surface area (Å²) in [4.78, 5) is 21.2. The molecule has 1 atom stereocenters. The van der Waals surface area contributed by atoms with Crippen LogP contribution < -0.4 is 20.3 Å². The molecule has 1 saturated heterocycles. The number of halogens is 2. The van der Waals surface area contributed by atoms with E-state index in [1.807, 2.05) is 0 Å². The number of aromatic nitrogens is 2. The molecule has 0 bridgehead atoms. The fourth-order valence-corrected chi connectivity index (χ4v) is 4.20. The molecule has 1 fully saturated rings. The number of hydrogen-bond acceptors (Lipinski definition) is 5. The maximum absolute atomic E-state index is 14.5. The third-order valence-electron chi connectivity index (χ3n) is 6.18. The number of nitrogens with zero attached hydrogens (tertiary/aromatic N) is 3. The zero-order chi connectivity index (χ0) is 24.9. The monoisotopic (exact) mass is 480 g/mol. The number of methoxy groups -OCH3 is 1. The Hall–Kier alpha value is -3.77. The number of ether oxygens (including phenoxy) is 2. The molecule has 0 amide bonds. The molecule has 4 rings (SSSR count). The Kier molecular flexibility index (Phi) is 7.42. The minimum absolute atomic E-state index is 0.0328. The summed E-state index contributed by atoms with van der Waals surface area (Å²) in [5, 5.41) is 3.36. The van der Waals surface area contributed by atoms with Gasteiger partial charge in [0, 0.05) is 12.6 Å². The molecule has 9 heteroatoms. The highest BCUT2D eigenvalue weighted by Gasteiger charge is 2.22. The Morgan fingerprint density at radius 2 is 1.91 bits per heavy atom. The summed E-state index contributed by atoms with van der Waals surface area (Å²) in [6.45, 7) is 9.36. The van der Waals surface area contributed by atoms with Gasteiger partial charge in [0.25, 0.3) is 11.6 Å². The first kappa shape index (κ1) is 24.4. The quantitative estimate of drug-likeness (QED) is 0.517. The van der Waals surface area contributed by atoms with Crippen LogP contribution in [-0.4, -0.2) is 36.4 Å². The highest BCUT2D eigenvalue weighted by Crippen LogP contribution is 2.33. The lowest BCUT2D eigenvalue weighted by atomic mass is 9.99. The maximum atomic E-state index is 14.5. The second kappa shape index (κ2) is 10.7. The summed E-state index contributed by atoms with van der Waals surface area (Å²) in [6, 6.07) is 8.24. The van der Waals surface area contributed by atoms with Crippen LogP contribution in [0.4, 0.5) is 14.5 Å². The van der Waals surface area contributed by atoms with E-state index >= 15 is 0 Å². The molecular formula is C26H26F2N4O3. The number of benzene rings is 2. The van der Waals surface area contributed by atoms with Gasteiger partial charge in [0.2, 0.25) is 5.69 Å². The van der Waals surface area contributed by atoms with Crippen LogP contribution in [0.1, 0.15) is 19.3 Å². The molecule has 35 heavy (non-hydrogen) atoms. The van der Waals surface area contributed by atoms with Crippen molar-refractivity contribution in [2.45, 2.75) is 19.3 Å². The smallest absolute Gasteiger partial charge is 0.299 e. The van der Waals surface area contributed by atoms with Crippen molar-refractivity contribution in [3.8, 4) is 34.1 Å². The topological polar surface area (TPSA) is 69.7 Å². The van der Waals surface area contributed by atoms with Crippen LogP contribution in [0.15, 0.2) is 41.2 Å². The first-order valence-electron chi connectivity index (χ1n) is 11.4. The van der Waals surface area contributed by atoms with Gasteiger partial charge in [0.1, 0.15) is 5.82 Å². The SMILES string of the molecule is [C-]#[N+]c1ccc(-c2nc(OCC3CCCNCC3)n(C)c(=O)c2-c2ccc(OC)c(F)c2)cc1F. The van der Waals surface area contributed by atoms with Crippen LogP contribution in [0.25, 0.3) is 27.2 Å². The van der Waals surface area contributed by atoms with Crippen LogP contribution in [0.5, 0.6) is 11.8 Å². The van der Waals surface area contributed by atoms with Crippen LogP contribution in [-0.2, 0) is 7.05 Å². The first-order chi connectivity index (χ1) is 16.9. The van der Waals surface area contributed by atoms with E-state index in [-0.39, 0.29) is 39.8 Å². The van der Waals surface area contributed by atoms with Gasteiger partial charge in [-0.3, -0.25) is 9.36 Å². The molecule has 2 heterocycles. The van der Waals surface area contributed by atoms with E-state index in [0.717, 1.165) is 38.4 Å². The minimum Gasteiger partial charge on any atom is -0.494 e. The number of rotatable bonds is 6. The first-order valence-corrected chi connectivity index (χ1v) is 11.4. The predicted molar refractivity (Wildman–Crippen MR) is 129 cm³/mol. The van der Waals surface area contributed by atoms with Crippen molar-refractivity contribution < 1.29 is 18.3 Å². The standard InChI is InChI=1S/C26H26F2N4O3/c1-29-21-8-6-18(14-19(21)27)24-23(17-7-9-22(34-3)20(28)13-17)25(33)32(2)26(31-24)35-15-16-5-4-11-30-12-10-16/h6-9,13-14,16,30H,4-5,10-12,15H2,2-3H3. The van der Waals surface area contributed by atoms with Gasteiger partial charge in [-0.05, 0) is 62.0 Å². The predicted octanol–water partition coefficient (Wildman–Crippen LogP) is 4.72. The lowest BCUT2D eigenvalue weighted by Crippen LogP contribution is -2.25. The van der Waals surface area contributed by atoms with E-state index in [2.05, 4.69) is 15.1 Å². The highest BCUT2D eigenvalue weighted by molar-refractivity contribution is 5.81. The Labute approximate surface area is 202 Å². The Bertz CT molecular complexity index is 1330. The molecule has 0 radical (unpaired) electrons. The van der Waals surface area contributed by atoms with Gasteiger partial charge in [-0.2, -0.15) is 4.98 Å². The largest absolute Gasteiger partial charge is 0.494 e. The number of hydrogen-bond donors (Lipinski definition) is 1. The summed E-state index contributed by atoms with van der Waals surface area (Å²) in [5.74, 6) is -1.03. The minimum atomic E-state index is -0.736. The van der Waals surface area contributed by atoms with Crippen molar-refractivity contribution in [2.24, 2.45) is 13.0 Å². The van der Waals surface area contributed by atoms with Crippen LogP contribution in [0.2, 0.25) is 0 Å². The molecule has 0 spiro atoms. The van der Waals surface area contributed by atoms with Gasteiger partial charge < -0.3 is 14.8 Å². The second-order valence-corrected chi connectivity index (χ2v) is 8.47. The molecule has 0 saturated carbocycles. The third kappa shape index (κ3) is 5.17. The fourth-order valence-electron chi connectivity index (χ4n) is 4.20. The van der Waals surface area contributed by atoms with E-state index in [9.17, 15) is 13.6 Å². The summed E-state index contributed by atoms with van der Waals surface area (Å²) in [5.41, 5.74) is 0.172. The van der Waals surface area contributed by atoms with Crippen LogP contribution in [0, 0.1) is 24.1 Å². The maximum Gasteiger partial charge on any atom is 0.299 e. The van der Waals surface area contributed by atoms with Gasteiger partial charge in [-0.25, -0.2) is 13.6 Å². The summed E-state index contributed by atoms with van der Waals surface area (Å²) >= 11 is 0. The molecule has 1 unspecified atom stereocenters. The van der Waals surface area contributed by atoms with Crippen molar-refractivity contribution in [2.75, 3.05) is 26.8 Å². The van der Waals surface area contributed by atoms with E-state index < -0.39 is 17.2 Å². The van der Waals surface area contributed by atoms with Gasteiger partial charge in [-0.15, -0.1) is 0 Å². The molecule has 1 aliphatic heterocycles. The van der Waals surface area contributed by atoms with Gasteiger partial charge in [-0.1, -0.05) is 18.2 Å². The summed E-state index contributed by atoms with van der Waals surface area (Å²) in [6.07, 6.45) is 2.99. The Balaban J connectivity index is 1.83. The molecule has 182 valence electrons. The number of nitrogens with one attached hydrogen (secondary N) is 1. The Morgan fingerprint density at radius 1 is 1.14 bits per heavy atom. The Morgan fingerprint density at radius 3 is 2.63 bits per heavy atom. The second-order valence-electron chi connectivity index (χ2n) is 8.47. The van der Waals surface area contributed by atoms with E-state index in [1.54, 1.807) is 6.07 Å². The van der Waals surface area contributed by atoms with E-state index in [1.165, 1.54) is 43.0 Å². The summed E-state index contributed by atoms with van der Waals surface area (Å²) < 4.78 is 41.3. The molecule has 1 aliphatic rings.